The van der Waals surface area contributed by atoms with Crippen molar-refractivity contribution in [3.8, 4) is 11.1 Å². The van der Waals surface area contributed by atoms with Crippen LogP contribution in [-0.2, 0) is 21.2 Å². The Hall–Kier alpha value is -3.04. The summed E-state index contributed by atoms with van der Waals surface area (Å²) in [5.41, 5.74) is 4.40. The molecule has 2 aromatic carbocycles. The molecule has 0 saturated heterocycles. The fourth-order valence-electron chi connectivity index (χ4n) is 3.72. The molecule has 0 spiro atoms. The van der Waals surface area contributed by atoms with Gasteiger partial charge in [-0.25, -0.2) is 13.6 Å². The zero-order valence-electron chi connectivity index (χ0n) is 17.8. The van der Waals surface area contributed by atoms with E-state index >= 15 is 0 Å². The third-order valence-corrected chi connectivity index (χ3v) is 6.75. The minimum atomic E-state index is -4.05. The van der Waals surface area contributed by atoms with Gasteiger partial charge >= 0.3 is 0 Å². The molecule has 9 heteroatoms. The molecular formula is C24H22ClN3O4S. The smallest absolute Gasteiger partial charge is 0.239 e. The molecule has 0 amide bonds. The van der Waals surface area contributed by atoms with Gasteiger partial charge in [0.2, 0.25) is 10.0 Å². The Kier molecular flexibility index (Phi) is 6.62. The number of methoxy groups -OCH3 is 1. The Balaban J connectivity index is 1.65. The van der Waals surface area contributed by atoms with Gasteiger partial charge in [-0.15, -0.1) is 0 Å². The summed E-state index contributed by atoms with van der Waals surface area (Å²) in [7, 11) is -2.37. The summed E-state index contributed by atoms with van der Waals surface area (Å²) < 4.78 is 28.6. The van der Waals surface area contributed by atoms with Gasteiger partial charge in [0.15, 0.2) is 5.78 Å². The maximum absolute atomic E-state index is 13.0. The summed E-state index contributed by atoms with van der Waals surface area (Å²) in [5.74, 6) is -0.334. The number of benzene rings is 2. The SMILES string of the molecule is COCCCc1cc(-c2c[nH]c3cc(C(=O)c4ccc(Cl)c(S(N)(=O)=O)c4)ccc23)ccn1. The van der Waals surface area contributed by atoms with Crippen molar-refractivity contribution in [2.45, 2.75) is 17.7 Å². The van der Waals surface area contributed by atoms with E-state index in [9.17, 15) is 13.2 Å². The number of nitrogens with zero attached hydrogens (tertiary/aromatic N) is 1. The molecule has 0 aliphatic carbocycles. The zero-order chi connectivity index (χ0) is 23.6. The fourth-order valence-corrected chi connectivity index (χ4v) is 4.79. The lowest BCUT2D eigenvalue weighted by Crippen LogP contribution is -2.14. The number of H-pyrrole nitrogens is 1. The van der Waals surface area contributed by atoms with Gasteiger partial charge in [-0.3, -0.25) is 9.78 Å². The summed E-state index contributed by atoms with van der Waals surface area (Å²) in [5, 5.41) is 6.13. The van der Waals surface area contributed by atoms with Crippen molar-refractivity contribution in [2.75, 3.05) is 13.7 Å². The second-order valence-electron chi connectivity index (χ2n) is 7.61. The third kappa shape index (κ3) is 4.99. The molecule has 4 rings (SSSR count). The average molecular weight is 484 g/mol. The number of aryl methyl sites for hydroxylation is 1. The van der Waals surface area contributed by atoms with Crippen LogP contribution in [0.1, 0.15) is 28.0 Å². The van der Waals surface area contributed by atoms with Crippen molar-refractivity contribution in [3.05, 3.63) is 82.8 Å². The molecule has 0 aliphatic rings. The number of hydrogen-bond acceptors (Lipinski definition) is 5. The molecule has 0 aliphatic heterocycles. The minimum absolute atomic E-state index is 0.0301. The number of nitrogens with two attached hydrogens (primary N) is 1. The summed E-state index contributed by atoms with van der Waals surface area (Å²) in [6.07, 6.45) is 5.40. The van der Waals surface area contributed by atoms with Crippen molar-refractivity contribution in [3.63, 3.8) is 0 Å². The van der Waals surface area contributed by atoms with E-state index in [-0.39, 0.29) is 21.3 Å². The van der Waals surface area contributed by atoms with E-state index in [4.69, 9.17) is 21.5 Å². The maximum atomic E-state index is 13.0. The van der Waals surface area contributed by atoms with Gasteiger partial charge in [-0.2, -0.15) is 0 Å². The van der Waals surface area contributed by atoms with Crippen molar-refractivity contribution in [1.82, 2.24) is 9.97 Å². The number of pyridine rings is 1. The van der Waals surface area contributed by atoms with E-state index in [2.05, 4.69) is 16.0 Å². The molecule has 2 heterocycles. The van der Waals surface area contributed by atoms with Crippen LogP contribution < -0.4 is 5.14 Å². The molecule has 170 valence electrons. The molecule has 3 N–H and O–H groups in total. The molecule has 0 fully saturated rings. The number of carbonyl (C=O) groups excluding carboxylic acids is 1. The number of primary sulfonamides is 1. The summed E-state index contributed by atoms with van der Waals surface area (Å²) >= 11 is 5.93. The van der Waals surface area contributed by atoms with Crippen molar-refractivity contribution in [2.24, 2.45) is 5.14 Å². The summed E-state index contributed by atoms with van der Waals surface area (Å²) in [6, 6.07) is 13.4. The first-order valence-corrected chi connectivity index (χ1v) is 12.1. The number of nitrogens with one attached hydrogen (secondary N) is 1. The van der Waals surface area contributed by atoms with Crippen LogP contribution in [0.2, 0.25) is 5.02 Å². The lowest BCUT2D eigenvalue weighted by molar-refractivity contribution is 0.103. The van der Waals surface area contributed by atoms with E-state index in [1.165, 1.54) is 18.2 Å². The number of ketones is 1. The van der Waals surface area contributed by atoms with Crippen LogP contribution in [-0.4, -0.2) is 37.9 Å². The summed E-state index contributed by atoms with van der Waals surface area (Å²) in [6.45, 7) is 0.683. The van der Waals surface area contributed by atoms with Gasteiger partial charge in [-0.05, 0) is 54.8 Å². The first-order valence-electron chi connectivity index (χ1n) is 10.2. The van der Waals surface area contributed by atoms with Crippen LogP contribution in [0.15, 0.2) is 65.8 Å². The predicted molar refractivity (Wildman–Crippen MR) is 128 cm³/mol. The van der Waals surface area contributed by atoms with Crippen molar-refractivity contribution < 1.29 is 17.9 Å². The Labute approximate surface area is 196 Å². The zero-order valence-corrected chi connectivity index (χ0v) is 19.4. The van der Waals surface area contributed by atoms with E-state index in [1.54, 1.807) is 25.4 Å². The molecule has 7 nitrogen and oxygen atoms in total. The quantitative estimate of drug-likeness (QED) is 0.285. The first kappa shape index (κ1) is 23.1. The van der Waals surface area contributed by atoms with Gasteiger partial charge in [0, 0.05) is 59.4 Å². The number of ether oxygens (including phenoxy) is 1. The highest BCUT2D eigenvalue weighted by molar-refractivity contribution is 7.89. The molecule has 4 aromatic rings. The highest BCUT2D eigenvalue weighted by Gasteiger charge is 2.18. The van der Waals surface area contributed by atoms with Gasteiger partial charge in [0.25, 0.3) is 0 Å². The minimum Gasteiger partial charge on any atom is -0.385 e. The second kappa shape index (κ2) is 9.44. The van der Waals surface area contributed by atoms with Crippen LogP contribution in [0.4, 0.5) is 0 Å². The normalized spacial score (nSPS) is 11.7. The predicted octanol–water partition coefficient (Wildman–Crippen LogP) is 4.34. The van der Waals surface area contributed by atoms with E-state index in [1.807, 2.05) is 18.3 Å². The molecule has 2 aromatic heterocycles. The van der Waals surface area contributed by atoms with Crippen LogP contribution in [0, 0.1) is 0 Å². The Bertz CT molecular complexity index is 1450. The van der Waals surface area contributed by atoms with Crippen molar-refractivity contribution >= 4 is 38.3 Å². The second-order valence-corrected chi connectivity index (χ2v) is 9.55. The van der Waals surface area contributed by atoms with E-state index in [0.29, 0.717) is 12.2 Å². The fraction of sp³-hybridized carbons (Fsp3) is 0.167. The van der Waals surface area contributed by atoms with Gasteiger partial charge < -0.3 is 9.72 Å². The van der Waals surface area contributed by atoms with Gasteiger partial charge in [-0.1, -0.05) is 23.7 Å². The molecular weight excluding hydrogens is 462 g/mol. The highest BCUT2D eigenvalue weighted by Crippen LogP contribution is 2.30. The standard InChI is InChI=1S/C24H22ClN3O4S/c1-32-10-2-3-18-11-15(8-9-27-18)20-14-28-22-12-16(4-6-19(20)22)24(29)17-5-7-21(25)23(13-17)33(26,30)31/h4-9,11-14,28H,2-3,10H2,1H3,(H2,26,30,31). The molecule has 0 saturated carbocycles. The summed E-state index contributed by atoms with van der Waals surface area (Å²) in [4.78, 5) is 20.4. The topological polar surface area (TPSA) is 115 Å². The number of fused-ring (bicyclic) bond motifs is 1. The van der Waals surface area contributed by atoms with Crippen LogP contribution >= 0.6 is 11.6 Å². The maximum Gasteiger partial charge on any atom is 0.239 e. The largest absolute Gasteiger partial charge is 0.385 e. The number of hydrogen-bond donors (Lipinski definition) is 2. The molecule has 0 unspecified atom stereocenters. The number of aromatic amines is 1. The highest BCUT2D eigenvalue weighted by atomic mass is 35.5. The Morgan fingerprint density at radius 2 is 1.88 bits per heavy atom. The first-order chi connectivity index (χ1) is 15.8. The van der Waals surface area contributed by atoms with E-state index in [0.717, 1.165) is 40.6 Å². The van der Waals surface area contributed by atoms with Crippen LogP contribution in [0.3, 0.4) is 0 Å². The van der Waals surface area contributed by atoms with Crippen molar-refractivity contribution in [1.29, 1.82) is 0 Å². The number of aromatic nitrogens is 2. The lowest BCUT2D eigenvalue weighted by Gasteiger charge is -2.07. The lowest BCUT2D eigenvalue weighted by atomic mass is 9.99. The molecule has 0 atom stereocenters. The number of carbonyl (C=O) groups is 1. The number of rotatable bonds is 8. The molecule has 0 bridgehead atoms. The number of halogens is 1. The molecule has 0 radical (unpaired) electrons. The Morgan fingerprint density at radius 3 is 2.64 bits per heavy atom. The Morgan fingerprint density at radius 1 is 1.12 bits per heavy atom. The van der Waals surface area contributed by atoms with Gasteiger partial charge in [0.05, 0.1) is 5.02 Å². The average Bonchev–Trinajstić information content (AvgIpc) is 3.22. The van der Waals surface area contributed by atoms with Crippen LogP contribution in [0.5, 0.6) is 0 Å². The molecule has 33 heavy (non-hydrogen) atoms. The number of sulfonamides is 1. The van der Waals surface area contributed by atoms with Gasteiger partial charge in [0.1, 0.15) is 4.90 Å². The monoisotopic (exact) mass is 483 g/mol. The third-order valence-electron chi connectivity index (χ3n) is 5.35. The van der Waals surface area contributed by atoms with Crippen LogP contribution in [0.25, 0.3) is 22.0 Å². The van der Waals surface area contributed by atoms with E-state index < -0.39 is 10.0 Å².